The van der Waals surface area contributed by atoms with Crippen LogP contribution in [0.5, 0.6) is 0 Å². The van der Waals surface area contributed by atoms with Gasteiger partial charge in [-0.25, -0.2) is 19.6 Å². The van der Waals surface area contributed by atoms with E-state index in [0.29, 0.717) is 11.8 Å². The minimum Gasteiger partial charge on any atom is -0.211 e. The van der Waals surface area contributed by atoms with Gasteiger partial charge in [-0.05, 0) is 43.9 Å². The van der Waals surface area contributed by atoms with Gasteiger partial charge in [0.2, 0.25) is 12.2 Å². The molecular weight excluding hydrogens is 264 g/mol. The van der Waals surface area contributed by atoms with E-state index in [1.807, 2.05) is 0 Å². The van der Waals surface area contributed by atoms with Crippen molar-refractivity contribution in [2.45, 2.75) is 82.7 Å². The van der Waals surface area contributed by atoms with Gasteiger partial charge in [0, 0.05) is 0 Å². The molecule has 0 radical (unpaired) electrons. The molecule has 0 aliphatic heterocycles. The predicted molar refractivity (Wildman–Crippen MR) is 81.6 cm³/mol. The lowest BCUT2D eigenvalue weighted by atomic mass is 9.77. The number of hydrogen-bond acceptors (Lipinski definition) is 4. The molecule has 2 atom stereocenters. The van der Waals surface area contributed by atoms with E-state index in [9.17, 15) is 9.59 Å². The summed E-state index contributed by atoms with van der Waals surface area (Å²) in [6, 6.07) is -0.0151. The summed E-state index contributed by atoms with van der Waals surface area (Å²) in [6.07, 6.45) is 16.2. The lowest BCUT2D eigenvalue weighted by Gasteiger charge is -2.32. The first-order valence-electron chi connectivity index (χ1n) is 8.49. The van der Waals surface area contributed by atoms with Crippen LogP contribution in [-0.4, -0.2) is 24.2 Å². The molecule has 0 spiro atoms. The SMILES string of the molecule is O=C=NC(CC(N=C=O)C1CCCCC1)C1CCCCC1. The maximum atomic E-state index is 10.8. The molecule has 0 saturated heterocycles. The van der Waals surface area contributed by atoms with Crippen LogP contribution in [0, 0.1) is 11.8 Å². The van der Waals surface area contributed by atoms with E-state index in [-0.39, 0.29) is 12.1 Å². The second kappa shape index (κ2) is 8.92. The van der Waals surface area contributed by atoms with E-state index < -0.39 is 0 Å². The van der Waals surface area contributed by atoms with Crippen molar-refractivity contribution >= 4 is 12.2 Å². The monoisotopic (exact) mass is 290 g/mol. The molecule has 2 fully saturated rings. The maximum absolute atomic E-state index is 10.8. The minimum atomic E-state index is -0.00757. The molecule has 2 unspecified atom stereocenters. The van der Waals surface area contributed by atoms with Gasteiger partial charge in [0.15, 0.2) is 0 Å². The van der Waals surface area contributed by atoms with Crippen LogP contribution < -0.4 is 0 Å². The molecular formula is C17H26N2O2. The Labute approximate surface area is 127 Å². The molecule has 4 nitrogen and oxygen atoms in total. The highest BCUT2D eigenvalue weighted by molar-refractivity contribution is 5.35. The van der Waals surface area contributed by atoms with Gasteiger partial charge in [0.25, 0.3) is 0 Å². The molecule has 0 aromatic carbocycles. The number of hydrogen-bond donors (Lipinski definition) is 0. The Kier molecular flexibility index (Phi) is 6.85. The third-order valence-corrected chi connectivity index (χ3v) is 5.31. The number of carbonyl (C=O) groups excluding carboxylic acids is 2. The summed E-state index contributed by atoms with van der Waals surface area (Å²) in [5.41, 5.74) is 0. The van der Waals surface area contributed by atoms with Crippen molar-refractivity contribution < 1.29 is 9.59 Å². The van der Waals surface area contributed by atoms with E-state index in [1.54, 1.807) is 12.2 Å². The first-order valence-corrected chi connectivity index (χ1v) is 8.49. The first kappa shape index (κ1) is 16.1. The van der Waals surface area contributed by atoms with Gasteiger partial charge in [-0.3, -0.25) is 0 Å². The molecule has 2 aliphatic carbocycles. The lowest BCUT2D eigenvalue weighted by Crippen LogP contribution is -2.30. The zero-order valence-electron chi connectivity index (χ0n) is 12.8. The number of isocyanates is 2. The summed E-state index contributed by atoms with van der Waals surface area (Å²) in [4.78, 5) is 29.7. The predicted octanol–water partition coefficient (Wildman–Crippen LogP) is 3.95. The van der Waals surface area contributed by atoms with Crippen molar-refractivity contribution in [3.8, 4) is 0 Å². The summed E-state index contributed by atoms with van der Waals surface area (Å²) < 4.78 is 0. The normalized spacial score (nSPS) is 23.6. The van der Waals surface area contributed by atoms with Crippen molar-refractivity contribution in [1.82, 2.24) is 0 Å². The Morgan fingerprint density at radius 1 is 0.714 bits per heavy atom. The van der Waals surface area contributed by atoms with Crippen LogP contribution in [0.2, 0.25) is 0 Å². The summed E-state index contributed by atoms with van der Waals surface area (Å²) >= 11 is 0. The molecule has 2 saturated carbocycles. The van der Waals surface area contributed by atoms with Crippen LogP contribution in [0.1, 0.15) is 70.6 Å². The lowest BCUT2D eigenvalue weighted by molar-refractivity contribution is 0.241. The van der Waals surface area contributed by atoms with Gasteiger partial charge >= 0.3 is 0 Å². The van der Waals surface area contributed by atoms with Crippen LogP contribution >= 0.6 is 0 Å². The second-order valence-corrected chi connectivity index (χ2v) is 6.61. The topological polar surface area (TPSA) is 58.9 Å². The molecule has 0 N–H and O–H groups in total. The molecule has 2 aliphatic rings. The fraction of sp³-hybridized carbons (Fsp3) is 0.882. The summed E-state index contributed by atoms with van der Waals surface area (Å²) in [7, 11) is 0. The fourth-order valence-electron chi connectivity index (χ4n) is 4.12. The molecule has 0 aromatic rings. The smallest absolute Gasteiger partial charge is 0.211 e. The van der Waals surface area contributed by atoms with Crippen molar-refractivity contribution in [3.05, 3.63) is 0 Å². The van der Waals surface area contributed by atoms with Crippen molar-refractivity contribution in [3.63, 3.8) is 0 Å². The molecule has 116 valence electrons. The average molecular weight is 290 g/mol. The third-order valence-electron chi connectivity index (χ3n) is 5.31. The largest absolute Gasteiger partial charge is 0.235 e. The van der Waals surface area contributed by atoms with Gasteiger partial charge in [-0.1, -0.05) is 38.5 Å². The molecule has 0 amide bonds. The number of rotatable bonds is 6. The van der Waals surface area contributed by atoms with Gasteiger partial charge < -0.3 is 0 Å². The quantitative estimate of drug-likeness (QED) is 0.549. The number of aliphatic imine (C=N–C) groups is 2. The van der Waals surface area contributed by atoms with Crippen LogP contribution in [0.25, 0.3) is 0 Å². The highest BCUT2D eigenvalue weighted by atomic mass is 16.1. The van der Waals surface area contributed by atoms with Crippen molar-refractivity contribution in [1.29, 1.82) is 0 Å². The molecule has 0 aromatic heterocycles. The molecule has 0 heterocycles. The van der Waals surface area contributed by atoms with E-state index in [1.165, 1.54) is 38.5 Å². The minimum absolute atomic E-state index is 0.00757. The van der Waals surface area contributed by atoms with Gasteiger partial charge in [-0.15, -0.1) is 0 Å². The Bertz CT molecular complexity index is 361. The summed E-state index contributed by atoms with van der Waals surface area (Å²) in [5, 5.41) is 0. The Hall–Kier alpha value is -1.24. The highest BCUT2D eigenvalue weighted by Crippen LogP contribution is 2.34. The third kappa shape index (κ3) is 4.91. The molecule has 4 heteroatoms. The average Bonchev–Trinajstić information content (AvgIpc) is 2.55. The van der Waals surface area contributed by atoms with E-state index in [0.717, 1.165) is 32.1 Å². The van der Waals surface area contributed by atoms with E-state index in [2.05, 4.69) is 9.98 Å². The highest BCUT2D eigenvalue weighted by Gasteiger charge is 2.30. The zero-order chi connectivity index (χ0) is 14.9. The van der Waals surface area contributed by atoms with Crippen LogP contribution in [-0.2, 0) is 9.59 Å². The van der Waals surface area contributed by atoms with E-state index in [4.69, 9.17) is 0 Å². The zero-order valence-corrected chi connectivity index (χ0v) is 12.8. The molecule has 0 bridgehead atoms. The van der Waals surface area contributed by atoms with Crippen molar-refractivity contribution in [2.24, 2.45) is 21.8 Å². The summed E-state index contributed by atoms with van der Waals surface area (Å²) in [6.45, 7) is 0. The number of nitrogens with zero attached hydrogens (tertiary/aromatic N) is 2. The van der Waals surface area contributed by atoms with Crippen LogP contribution in [0.4, 0.5) is 0 Å². The standard InChI is InChI=1S/C17H26N2O2/c20-12-18-16(14-7-3-1-4-8-14)11-17(19-13-21)15-9-5-2-6-10-15/h14-17H,1-11H2. The Balaban J connectivity index is 2.03. The van der Waals surface area contributed by atoms with Crippen LogP contribution in [0.15, 0.2) is 9.98 Å². The second-order valence-electron chi connectivity index (χ2n) is 6.61. The molecule has 2 rings (SSSR count). The fourth-order valence-corrected chi connectivity index (χ4v) is 4.12. The Morgan fingerprint density at radius 2 is 1.10 bits per heavy atom. The van der Waals surface area contributed by atoms with E-state index >= 15 is 0 Å². The van der Waals surface area contributed by atoms with Gasteiger partial charge in [0.1, 0.15) is 0 Å². The maximum Gasteiger partial charge on any atom is 0.235 e. The van der Waals surface area contributed by atoms with Crippen molar-refractivity contribution in [2.75, 3.05) is 0 Å². The van der Waals surface area contributed by atoms with Crippen LogP contribution in [0.3, 0.4) is 0 Å². The molecule has 21 heavy (non-hydrogen) atoms. The van der Waals surface area contributed by atoms with Gasteiger partial charge in [0.05, 0.1) is 12.1 Å². The van der Waals surface area contributed by atoms with Gasteiger partial charge in [-0.2, -0.15) is 0 Å². The summed E-state index contributed by atoms with van der Waals surface area (Å²) in [5.74, 6) is 0.932. The Morgan fingerprint density at radius 3 is 1.43 bits per heavy atom. The first-order chi connectivity index (χ1) is 10.3.